The molecule has 38 heavy (non-hydrogen) atoms. The Labute approximate surface area is 223 Å². The predicted octanol–water partition coefficient (Wildman–Crippen LogP) is 7.40. The van der Waals surface area contributed by atoms with Gasteiger partial charge in [-0.3, -0.25) is 4.79 Å². The minimum absolute atomic E-state index is 0. The zero-order valence-corrected chi connectivity index (χ0v) is 20.5. The van der Waals surface area contributed by atoms with Crippen molar-refractivity contribution in [2.24, 2.45) is 0 Å². The van der Waals surface area contributed by atoms with Crippen LogP contribution in [0.3, 0.4) is 0 Å². The Kier molecular flexibility index (Phi) is 8.23. The van der Waals surface area contributed by atoms with Crippen molar-refractivity contribution in [3.8, 4) is 45.1 Å². The van der Waals surface area contributed by atoms with Gasteiger partial charge in [0.2, 0.25) is 5.88 Å². The SMILES string of the molecule is C.CCOc1c(-c2ccccc2)c(-c2ccccc2)nn1-c1ccccc1-c1cccc(NCC(=O)O)c1. The van der Waals surface area contributed by atoms with E-state index in [0.29, 0.717) is 12.5 Å². The molecule has 192 valence electrons. The molecule has 0 atom stereocenters. The molecule has 0 aliphatic heterocycles. The summed E-state index contributed by atoms with van der Waals surface area (Å²) in [6.07, 6.45) is 0. The van der Waals surface area contributed by atoms with E-state index < -0.39 is 5.97 Å². The number of para-hydroxylation sites is 1. The van der Waals surface area contributed by atoms with Crippen molar-refractivity contribution < 1.29 is 14.6 Å². The van der Waals surface area contributed by atoms with E-state index in [-0.39, 0.29) is 14.0 Å². The Morgan fingerprint density at radius 1 is 0.842 bits per heavy atom. The second-order valence-electron chi connectivity index (χ2n) is 8.45. The highest BCUT2D eigenvalue weighted by Gasteiger charge is 2.24. The lowest BCUT2D eigenvalue weighted by Crippen LogP contribution is -2.12. The zero-order valence-electron chi connectivity index (χ0n) is 20.5. The third-order valence-corrected chi connectivity index (χ3v) is 5.98. The van der Waals surface area contributed by atoms with Gasteiger partial charge >= 0.3 is 5.97 Å². The monoisotopic (exact) mass is 505 g/mol. The molecule has 0 saturated carbocycles. The number of aliphatic carboxylic acids is 1. The lowest BCUT2D eigenvalue weighted by atomic mass is 10.0. The summed E-state index contributed by atoms with van der Waals surface area (Å²) in [6.45, 7) is 2.30. The smallest absolute Gasteiger partial charge is 0.322 e. The fourth-order valence-electron chi connectivity index (χ4n) is 4.38. The summed E-state index contributed by atoms with van der Waals surface area (Å²) >= 11 is 0. The van der Waals surface area contributed by atoms with Crippen molar-refractivity contribution in [2.75, 3.05) is 18.5 Å². The maximum atomic E-state index is 11.0. The van der Waals surface area contributed by atoms with Crippen LogP contribution in [0.2, 0.25) is 0 Å². The molecule has 4 aromatic carbocycles. The van der Waals surface area contributed by atoms with Crippen molar-refractivity contribution in [3.05, 3.63) is 109 Å². The maximum absolute atomic E-state index is 11.0. The first kappa shape index (κ1) is 26.2. The van der Waals surface area contributed by atoms with Gasteiger partial charge in [-0.15, -0.1) is 0 Å². The van der Waals surface area contributed by atoms with E-state index in [4.69, 9.17) is 14.9 Å². The van der Waals surface area contributed by atoms with Crippen LogP contribution in [-0.4, -0.2) is 34.0 Å². The Balaban J connectivity index is 0.00000336. The highest BCUT2D eigenvalue weighted by molar-refractivity contribution is 5.86. The fourth-order valence-corrected chi connectivity index (χ4v) is 4.38. The minimum atomic E-state index is -0.911. The summed E-state index contributed by atoms with van der Waals surface area (Å²) in [6, 6.07) is 36.0. The molecule has 6 nitrogen and oxygen atoms in total. The van der Waals surface area contributed by atoms with Crippen LogP contribution in [0.4, 0.5) is 5.69 Å². The zero-order chi connectivity index (χ0) is 25.6. The molecule has 2 N–H and O–H groups in total. The molecular formula is C32H31N3O3. The number of anilines is 1. The first-order valence-electron chi connectivity index (χ1n) is 12.2. The van der Waals surface area contributed by atoms with Crippen LogP contribution in [0, 0.1) is 0 Å². The van der Waals surface area contributed by atoms with Gasteiger partial charge in [0, 0.05) is 16.8 Å². The minimum Gasteiger partial charge on any atom is -0.480 e. The lowest BCUT2D eigenvalue weighted by molar-refractivity contribution is -0.134. The number of rotatable bonds is 9. The third-order valence-electron chi connectivity index (χ3n) is 5.98. The summed E-state index contributed by atoms with van der Waals surface area (Å²) in [5, 5.41) is 17.1. The van der Waals surface area contributed by atoms with Gasteiger partial charge in [0.05, 0.1) is 17.9 Å². The average molecular weight is 506 g/mol. The molecular weight excluding hydrogens is 474 g/mol. The normalized spacial score (nSPS) is 10.4. The van der Waals surface area contributed by atoms with Crippen molar-refractivity contribution in [1.82, 2.24) is 9.78 Å². The van der Waals surface area contributed by atoms with Crippen LogP contribution in [0.15, 0.2) is 109 Å². The second kappa shape index (κ2) is 11.9. The number of nitrogens with zero attached hydrogens (tertiary/aromatic N) is 2. The van der Waals surface area contributed by atoms with Crippen LogP contribution < -0.4 is 10.1 Å². The van der Waals surface area contributed by atoms with Crippen LogP contribution >= 0.6 is 0 Å². The molecule has 5 aromatic rings. The Bertz CT molecular complexity index is 1510. The molecule has 0 spiro atoms. The molecule has 1 heterocycles. The molecule has 6 heteroatoms. The number of carbonyl (C=O) groups is 1. The molecule has 0 saturated heterocycles. The summed E-state index contributed by atoms with van der Waals surface area (Å²) in [5.41, 5.74) is 7.26. The highest BCUT2D eigenvalue weighted by Crippen LogP contribution is 2.42. The quantitative estimate of drug-likeness (QED) is 0.218. The Hall–Kier alpha value is -4.84. The van der Waals surface area contributed by atoms with Crippen molar-refractivity contribution in [1.29, 1.82) is 0 Å². The third kappa shape index (κ3) is 5.44. The maximum Gasteiger partial charge on any atom is 0.322 e. The van der Waals surface area contributed by atoms with E-state index in [1.54, 1.807) is 0 Å². The van der Waals surface area contributed by atoms with Crippen molar-refractivity contribution in [3.63, 3.8) is 0 Å². The van der Waals surface area contributed by atoms with E-state index in [1.165, 1.54) is 0 Å². The summed E-state index contributed by atoms with van der Waals surface area (Å²) in [7, 11) is 0. The number of nitrogens with one attached hydrogen (secondary N) is 1. The largest absolute Gasteiger partial charge is 0.480 e. The first-order chi connectivity index (χ1) is 18.2. The van der Waals surface area contributed by atoms with Crippen LogP contribution in [0.1, 0.15) is 14.4 Å². The van der Waals surface area contributed by atoms with Gasteiger partial charge in [-0.1, -0.05) is 98.4 Å². The van der Waals surface area contributed by atoms with Crippen LogP contribution in [0.25, 0.3) is 39.2 Å². The molecule has 0 fully saturated rings. The number of aromatic nitrogens is 2. The topological polar surface area (TPSA) is 76.4 Å². The average Bonchev–Trinajstić information content (AvgIpc) is 3.32. The highest BCUT2D eigenvalue weighted by atomic mass is 16.5. The van der Waals surface area contributed by atoms with Crippen LogP contribution in [0.5, 0.6) is 5.88 Å². The van der Waals surface area contributed by atoms with E-state index in [9.17, 15) is 4.79 Å². The number of benzene rings is 4. The molecule has 0 unspecified atom stereocenters. The van der Waals surface area contributed by atoms with Crippen molar-refractivity contribution in [2.45, 2.75) is 14.4 Å². The standard InChI is InChI=1S/C31H27N3O3.CH4/c1-2-37-31-29(22-12-5-3-6-13-22)30(23-14-7-4-8-15-23)33-34(31)27-19-10-9-18-26(27)24-16-11-17-25(20-24)32-21-28(35)36;/h3-20,32H,2,21H2,1H3,(H,35,36);1H4. The molecule has 0 bridgehead atoms. The van der Waals surface area contributed by atoms with Gasteiger partial charge in [-0.2, -0.15) is 9.78 Å². The molecule has 0 aliphatic carbocycles. The number of carboxylic acids is 1. The lowest BCUT2D eigenvalue weighted by Gasteiger charge is -2.15. The number of carboxylic acid groups (broad SMARTS) is 1. The summed E-state index contributed by atoms with van der Waals surface area (Å²) in [5.74, 6) is -0.245. The first-order valence-corrected chi connectivity index (χ1v) is 12.2. The van der Waals surface area contributed by atoms with Gasteiger partial charge < -0.3 is 15.2 Å². The number of hydrogen-bond acceptors (Lipinski definition) is 4. The number of hydrogen-bond donors (Lipinski definition) is 2. The second-order valence-corrected chi connectivity index (χ2v) is 8.45. The van der Waals surface area contributed by atoms with E-state index in [1.807, 2.05) is 96.5 Å². The van der Waals surface area contributed by atoms with Crippen LogP contribution in [-0.2, 0) is 4.79 Å². The van der Waals surface area contributed by atoms with E-state index in [2.05, 4.69) is 29.6 Å². The van der Waals surface area contributed by atoms with Gasteiger partial charge in [0.15, 0.2) is 0 Å². The molecule has 0 aliphatic rings. The Morgan fingerprint density at radius 2 is 1.47 bits per heavy atom. The van der Waals surface area contributed by atoms with E-state index >= 15 is 0 Å². The van der Waals surface area contributed by atoms with Gasteiger partial charge in [-0.05, 0) is 36.2 Å². The fraction of sp³-hybridized carbons (Fsp3) is 0.125. The van der Waals surface area contributed by atoms with E-state index in [0.717, 1.165) is 44.9 Å². The summed E-state index contributed by atoms with van der Waals surface area (Å²) in [4.78, 5) is 11.0. The molecule has 0 radical (unpaired) electrons. The van der Waals surface area contributed by atoms with Gasteiger partial charge in [0.25, 0.3) is 0 Å². The number of ether oxygens (including phenoxy) is 1. The van der Waals surface area contributed by atoms with Gasteiger partial charge in [-0.25, -0.2) is 0 Å². The molecule has 0 amide bonds. The predicted molar refractivity (Wildman–Crippen MR) is 154 cm³/mol. The van der Waals surface area contributed by atoms with Crippen molar-refractivity contribution >= 4 is 11.7 Å². The summed E-state index contributed by atoms with van der Waals surface area (Å²) < 4.78 is 8.16. The van der Waals surface area contributed by atoms with Gasteiger partial charge in [0.1, 0.15) is 12.2 Å². The molecule has 1 aromatic heterocycles. The molecule has 5 rings (SSSR count). The Morgan fingerprint density at radius 3 is 2.16 bits per heavy atom.